The fourth-order valence-corrected chi connectivity index (χ4v) is 5.96. The van der Waals surface area contributed by atoms with Gasteiger partial charge in [-0.15, -0.1) is 0 Å². The maximum absolute atomic E-state index is 12.4. The van der Waals surface area contributed by atoms with Gasteiger partial charge in [-0.1, -0.05) is 18.2 Å². The molecule has 0 aliphatic carbocycles. The number of fused-ring (bicyclic) bond motifs is 1. The highest BCUT2D eigenvalue weighted by atomic mass is 16.5. The average molecular weight is 573 g/mol. The fraction of sp³-hybridized carbons (Fsp3) is 0.581. The van der Waals surface area contributed by atoms with Crippen LogP contribution in [0.5, 0.6) is 11.5 Å². The molecule has 0 bridgehead atoms. The van der Waals surface area contributed by atoms with E-state index in [0.717, 1.165) is 47.8 Å². The number of likely N-dealkylation sites (tertiary alicyclic amines) is 1. The van der Waals surface area contributed by atoms with E-state index in [2.05, 4.69) is 11.0 Å². The molecule has 2 aromatic carbocycles. The zero-order chi connectivity index (χ0) is 29.4. The fourth-order valence-electron chi connectivity index (χ4n) is 5.96. The molecule has 2 N–H and O–H groups in total. The molecule has 41 heavy (non-hydrogen) atoms. The number of hydrogen-bond donors (Lipinski definition) is 2. The average Bonchev–Trinajstić information content (AvgIpc) is 2.96. The number of nitrogens with zero attached hydrogens (tertiary/aromatic N) is 2. The van der Waals surface area contributed by atoms with Crippen LogP contribution in [-0.4, -0.2) is 99.7 Å². The third-order valence-electron chi connectivity index (χ3n) is 7.94. The molecule has 1 amide bonds. The third kappa shape index (κ3) is 8.03. The van der Waals surface area contributed by atoms with Crippen molar-refractivity contribution in [1.82, 2.24) is 4.90 Å². The molecule has 226 valence electrons. The summed E-state index contributed by atoms with van der Waals surface area (Å²) in [6.45, 7) is 5.35. The summed E-state index contributed by atoms with van der Waals surface area (Å²) < 4.78 is 28.2. The Morgan fingerprint density at radius 3 is 2.59 bits per heavy atom. The van der Waals surface area contributed by atoms with E-state index < -0.39 is 17.7 Å². The molecule has 4 atom stereocenters. The van der Waals surface area contributed by atoms with Crippen molar-refractivity contribution in [3.8, 4) is 11.5 Å². The van der Waals surface area contributed by atoms with E-state index >= 15 is 0 Å². The van der Waals surface area contributed by atoms with Crippen molar-refractivity contribution in [2.45, 2.75) is 56.5 Å². The molecule has 2 aliphatic rings. The second-order valence-electron chi connectivity index (χ2n) is 11.2. The molecule has 10 heteroatoms. The number of rotatable bonds is 13. The molecule has 2 aromatic rings. The summed E-state index contributed by atoms with van der Waals surface area (Å²) in [5.41, 5.74) is 1.91. The van der Waals surface area contributed by atoms with Crippen LogP contribution < -0.4 is 14.4 Å². The Morgan fingerprint density at radius 2 is 1.90 bits per heavy atom. The summed E-state index contributed by atoms with van der Waals surface area (Å²) >= 11 is 0. The van der Waals surface area contributed by atoms with E-state index in [1.807, 2.05) is 36.4 Å². The van der Waals surface area contributed by atoms with E-state index in [1.165, 1.54) is 12.0 Å². The lowest BCUT2D eigenvalue weighted by Gasteiger charge is -2.44. The molecule has 1 saturated heterocycles. The summed E-state index contributed by atoms with van der Waals surface area (Å²) in [6.07, 6.45) is 0.284. The normalized spacial score (nSPS) is 22.0. The maximum Gasteiger partial charge on any atom is 0.407 e. The summed E-state index contributed by atoms with van der Waals surface area (Å²) in [4.78, 5) is 16.1. The van der Waals surface area contributed by atoms with Crippen molar-refractivity contribution in [3.63, 3.8) is 0 Å². The van der Waals surface area contributed by atoms with Gasteiger partial charge in [0.05, 0.1) is 50.8 Å². The van der Waals surface area contributed by atoms with Crippen LogP contribution >= 0.6 is 0 Å². The van der Waals surface area contributed by atoms with E-state index in [1.54, 1.807) is 21.1 Å². The third-order valence-corrected chi connectivity index (χ3v) is 7.94. The maximum atomic E-state index is 12.4. The Balaban J connectivity index is 1.55. The van der Waals surface area contributed by atoms with Gasteiger partial charge in [0.1, 0.15) is 18.1 Å². The van der Waals surface area contributed by atoms with Crippen molar-refractivity contribution in [1.29, 1.82) is 0 Å². The largest absolute Gasteiger partial charge is 0.497 e. The summed E-state index contributed by atoms with van der Waals surface area (Å²) in [7, 11) is 4.87. The predicted octanol–water partition coefficient (Wildman–Crippen LogP) is 4.14. The van der Waals surface area contributed by atoms with Crippen LogP contribution in [-0.2, 0) is 20.8 Å². The number of aliphatic hydroxyl groups is 1. The Labute approximate surface area is 242 Å². The number of carbonyl (C=O) groups is 1. The minimum atomic E-state index is -1.16. The van der Waals surface area contributed by atoms with Gasteiger partial charge >= 0.3 is 6.09 Å². The first kappa shape index (κ1) is 30.9. The number of amides is 1. The first-order valence-corrected chi connectivity index (χ1v) is 14.2. The monoisotopic (exact) mass is 572 g/mol. The first-order valence-electron chi connectivity index (χ1n) is 14.2. The highest BCUT2D eigenvalue weighted by molar-refractivity contribution is 5.66. The van der Waals surface area contributed by atoms with Gasteiger partial charge in [0.15, 0.2) is 0 Å². The van der Waals surface area contributed by atoms with E-state index in [9.17, 15) is 15.0 Å². The smallest absolute Gasteiger partial charge is 0.407 e. The lowest BCUT2D eigenvalue weighted by molar-refractivity contribution is -0.0701. The molecular weight excluding hydrogens is 528 g/mol. The standard InChI is InChI=1S/C31H44N2O8/c1-31(36,21-38-3)18-24-17-26(23-7-9-25(39-4)10-8-23)29(19-33(24)30(34)35)41-20-22-6-11-28-27(16-22)32(13-15-40-28)12-5-14-37-2/h6-11,16,24,26,29,36H,5,12-15,17-21H2,1-4H3,(H,34,35)/t24-,26-,29+,31?/m1/s1. The van der Waals surface area contributed by atoms with Crippen LogP contribution in [0, 0.1) is 0 Å². The molecule has 0 radical (unpaired) electrons. The molecule has 4 rings (SSSR count). The van der Waals surface area contributed by atoms with Gasteiger partial charge in [-0.05, 0) is 61.6 Å². The van der Waals surface area contributed by atoms with Crippen molar-refractivity contribution >= 4 is 11.8 Å². The van der Waals surface area contributed by atoms with Gasteiger partial charge in [-0.2, -0.15) is 0 Å². The second-order valence-corrected chi connectivity index (χ2v) is 11.2. The molecule has 0 saturated carbocycles. The summed E-state index contributed by atoms with van der Waals surface area (Å²) in [5.74, 6) is 1.53. The highest BCUT2D eigenvalue weighted by Crippen LogP contribution is 2.38. The quantitative estimate of drug-likeness (QED) is 0.342. The zero-order valence-electron chi connectivity index (χ0n) is 24.6. The van der Waals surface area contributed by atoms with Crippen molar-refractivity contribution in [2.75, 3.05) is 65.7 Å². The number of anilines is 1. The van der Waals surface area contributed by atoms with E-state index in [4.69, 9.17) is 23.7 Å². The molecule has 10 nitrogen and oxygen atoms in total. The Kier molecular flexibility index (Phi) is 10.7. The molecule has 1 unspecified atom stereocenters. The number of benzene rings is 2. The molecule has 0 spiro atoms. The van der Waals surface area contributed by atoms with Crippen LogP contribution in [0.15, 0.2) is 42.5 Å². The first-order chi connectivity index (χ1) is 19.7. The molecule has 2 aliphatic heterocycles. The van der Waals surface area contributed by atoms with E-state index in [0.29, 0.717) is 26.2 Å². The van der Waals surface area contributed by atoms with Crippen molar-refractivity contribution < 1.29 is 38.7 Å². The topological polar surface area (TPSA) is 110 Å². The second kappa shape index (κ2) is 14.2. The van der Waals surface area contributed by atoms with Gasteiger partial charge in [0, 0.05) is 39.3 Å². The lowest BCUT2D eigenvalue weighted by Crippen LogP contribution is -2.54. The Bertz CT molecular complexity index is 1130. The highest BCUT2D eigenvalue weighted by Gasteiger charge is 2.42. The Hall–Kier alpha value is -3.05. The number of methoxy groups -OCH3 is 3. The van der Waals surface area contributed by atoms with Gasteiger partial charge in [0.25, 0.3) is 0 Å². The summed E-state index contributed by atoms with van der Waals surface area (Å²) in [5, 5.41) is 21.0. The SMILES string of the molecule is COCCCN1CCOc2ccc(CO[C@H]3CN(C(=O)O)[C@@H](CC(C)(O)COC)C[C@@H]3c3ccc(OC)cc3)cc21. The van der Waals surface area contributed by atoms with Gasteiger partial charge < -0.3 is 43.7 Å². The van der Waals surface area contributed by atoms with Gasteiger partial charge in [-0.25, -0.2) is 4.79 Å². The van der Waals surface area contributed by atoms with Crippen LogP contribution in [0.1, 0.15) is 43.2 Å². The van der Waals surface area contributed by atoms with Crippen LogP contribution in [0.4, 0.5) is 10.5 Å². The lowest BCUT2D eigenvalue weighted by atomic mass is 9.80. The number of carboxylic acid groups (broad SMARTS) is 1. The molecular formula is C31H44N2O8. The van der Waals surface area contributed by atoms with Crippen LogP contribution in [0.3, 0.4) is 0 Å². The summed E-state index contributed by atoms with van der Waals surface area (Å²) in [6, 6.07) is 13.5. The van der Waals surface area contributed by atoms with Crippen molar-refractivity contribution in [3.05, 3.63) is 53.6 Å². The van der Waals surface area contributed by atoms with Crippen molar-refractivity contribution in [2.24, 2.45) is 0 Å². The minimum absolute atomic E-state index is 0.0775. The zero-order valence-corrected chi connectivity index (χ0v) is 24.6. The number of piperidine rings is 1. The number of ether oxygens (including phenoxy) is 5. The molecule has 2 heterocycles. The predicted molar refractivity (Wildman–Crippen MR) is 155 cm³/mol. The van der Waals surface area contributed by atoms with Crippen LogP contribution in [0.25, 0.3) is 0 Å². The van der Waals surface area contributed by atoms with Crippen LogP contribution in [0.2, 0.25) is 0 Å². The molecule has 1 fully saturated rings. The van der Waals surface area contributed by atoms with Gasteiger partial charge in [0.2, 0.25) is 0 Å². The Morgan fingerprint density at radius 1 is 1.12 bits per heavy atom. The molecule has 0 aromatic heterocycles. The van der Waals surface area contributed by atoms with Gasteiger partial charge in [-0.3, -0.25) is 0 Å². The number of hydrogen-bond acceptors (Lipinski definition) is 8. The van der Waals surface area contributed by atoms with E-state index in [-0.39, 0.29) is 31.6 Å². The minimum Gasteiger partial charge on any atom is -0.497 e.